The molecule has 2 aromatic rings. The smallest absolute Gasteiger partial charge is 0.244 e. The Morgan fingerprint density at radius 3 is 2.56 bits per heavy atom. The fraction of sp³-hybridized carbons (Fsp3) is 0.273. The quantitative estimate of drug-likeness (QED) is 0.890. The summed E-state index contributed by atoms with van der Waals surface area (Å²) in [7, 11) is -1.87. The Morgan fingerprint density at radius 2 is 2.00 bits per heavy atom. The van der Waals surface area contributed by atoms with Crippen LogP contribution in [0, 0.1) is 0 Å². The van der Waals surface area contributed by atoms with Gasteiger partial charge in [0.1, 0.15) is 4.90 Å². The Labute approximate surface area is 106 Å². The highest BCUT2D eigenvalue weighted by atomic mass is 32.2. The van der Waals surface area contributed by atoms with Crippen molar-refractivity contribution in [3.63, 3.8) is 0 Å². The number of hydrogen-bond acceptors (Lipinski definition) is 4. The summed E-state index contributed by atoms with van der Waals surface area (Å²) in [6.07, 6.45) is 6.04. The molecule has 0 saturated carbocycles. The van der Waals surface area contributed by atoms with Crippen molar-refractivity contribution in [1.29, 1.82) is 0 Å². The second kappa shape index (κ2) is 4.87. The first kappa shape index (κ1) is 12.7. The molecular formula is C11H14N4O2S. The van der Waals surface area contributed by atoms with Gasteiger partial charge in [-0.05, 0) is 24.6 Å². The molecule has 0 aliphatic heterocycles. The number of aryl methyl sites for hydroxylation is 1. The van der Waals surface area contributed by atoms with Crippen molar-refractivity contribution in [1.82, 2.24) is 19.5 Å². The second-order valence-corrected chi connectivity index (χ2v) is 5.69. The summed E-state index contributed by atoms with van der Waals surface area (Å²) in [5.74, 6) is 0. The van der Waals surface area contributed by atoms with E-state index in [2.05, 4.69) is 14.8 Å². The second-order valence-electron chi connectivity index (χ2n) is 3.97. The third-order valence-electron chi connectivity index (χ3n) is 2.53. The summed E-state index contributed by atoms with van der Waals surface area (Å²) in [5, 5.41) is 3.85. The topological polar surface area (TPSA) is 76.9 Å². The Balaban J connectivity index is 2.19. The maximum absolute atomic E-state index is 12.0. The van der Waals surface area contributed by atoms with Gasteiger partial charge in [-0.2, -0.15) is 5.10 Å². The van der Waals surface area contributed by atoms with Crippen LogP contribution in [0.15, 0.2) is 41.8 Å². The van der Waals surface area contributed by atoms with Gasteiger partial charge in [0.15, 0.2) is 0 Å². The lowest BCUT2D eigenvalue weighted by Crippen LogP contribution is -2.26. The van der Waals surface area contributed by atoms with Crippen LogP contribution in [0.4, 0.5) is 0 Å². The first-order valence-electron chi connectivity index (χ1n) is 5.40. The van der Waals surface area contributed by atoms with Crippen LogP contribution in [0.2, 0.25) is 0 Å². The number of pyridine rings is 1. The molecule has 2 aromatic heterocycles. The largest absolute Gasteiger partial charge is 0.274 e. The molecule has 0 unspecified atom stereocenters. The molecule has 1 N–H and O–H groups in total. The van der Waals surface area contributed by atoms with Gasteiger partial charge >= 0.3 is 0 Å². The average Bonchev–Trinajstić information content (AvgIpc) is 2.77. The van der Waals surface area contributed by atoms with E-state index >= 15 is 0 Å². The Hall–Kier alpha value is -1.73. The van der Waals surface area contributed by atoms with E-state index in [1.54, 1.807) is 38.5 Å². The highest BCUT2D eigenvalue weighted by Crippen LogP contribution is 2.15. The summed E-state index contributed by atoms with van der Waals surface area (Å²) in [5.41, 5.74) is 0.859. The lowest BCUT2D eigenvalue weighted by Gasteiger charge is -2.13. The molecule has 0 aliphatic rings. The van der Waals surface area contributed by atoms with Crippen LogP contribution in [0.25, 0.3) is 0 Å². The molecule has 96 valence electrons. The summed E-state index contributed by atoms with van der Waals surface area (Å²) in [6, 6.07) is 3.23. The predicted octanol–water partition coefficient (Wildman–Crippen LogP) is 0.855. The number of hydrogen-bond donors (Lipinski definition) is 1. The number of sulfonamides is 1. The molecule has 18 heavy (non-hydrogen) atoms. The summed E-state index contributed by atoms with van der Waals surface area (Å²) in [4.78, 5) is 4.05. The van der Waals surface area contributed by atoms with Crippen LogP contribution >= 0.6 is 0 Å². The third-order valence-corrected chi connectivity index (χ3v) is 4.02. The fourth-order valence-corrected chi connectivity index (χ4v) is 2.77. The van der Waals surface area contributed by atoms with Gasteiger partial charge in [0.2, 0.25) is 10.0 Å². The van der Waals surface area contributed by atoms with Gasteiger partial charge in [0.05, 0.1) is 6.20 Å². The summed E-state index contributed by atoms with van der Waals surface area (Å²) >= 11 is 0. The number of aromatic nitrogens is 3. The molecule has 2 heterocycles. The van der Waals surface area contributed by atoms with Gasteiger partial charge in [0, 0.05) is 31.7 Å². The summed E-state index contributed by atoms with van der Waals surface area (Å²) < 4.78 is 28.1. The molecule has 1 atom stereocenters. The number of rotatable bonds is 4. The molecule has 6 nitrogen and oxygen atoms in total. The minimum Gasteiger partial charge on any atom is -0.274 e. The van der Waals surface area contributed by atoms with E-state index in [-0.39, 0.29) is 10.9 Å². The van der Waals surface area contributed by atoms with Crippen molar-refractivity contribution >= 4 is 10.0 Å². The first-order valence-corrected chi connectivity index (χ1v) is 6.88. The third kappa shape index (κ3) is 2.74. The SMILES string of the molecule is C[C@@H](NS(=O)(=O)c1cnn(C)c1)c1ccncc1. The van der Waals surface area contributed by atoms with E-state index in [9.17, 15) is 8.42 Å². The maximum Gasteiger partial charge on any atom is 0.244 e. The van der Waals surface area contributed by atoms with Crippen LogP contribution in [0.5, 0.6) is 0 Å². The monoisotopic (exact) mass is 266 g/mol. The van der Waals surface area contributed by atoms with Crippen molar-refractivity contribution < 1.29 is 8.42 Å². The highest BCUT2D eigenvalue weighted by molar-refractivity contribution is 7.89. The lowest BCUT2D eigenvalue weighted by atomic mass is 10.1. The van der Waals surface area contributed by atoms with E-state index in [0.29, 0.717) is 0 Å². The Kier molecular flexibility index (Phi) is 3.44. The molecular weight excluding hydrogens is 252 g/mol. The van der Waals surface area contributed by atoms with Gasteiger partial charge in [-0.1, -0.05) is 0 Å². The molecule has 0 aromatic carbocycles. The number of nitrogens with one attached hydrogen (secondary N) is 1. The van der Waals surface area contributed by atoms with Crippen LogP contribution < -0.4 is 4.72 Å². The van der Waals surface area contributed by atoms with Gasteiger partial charge in [0.25, 0.3) is 0 Å². The standard InChI is InChI=1S/C11H14N4O2S/c1-9(10-3-5-12-6-4-10)14-18(16,17)11-7-13-15(2)8-11/h3-9,14H,1-2H3/t9-/m1/s1. The van der Waals surface area contributed by atoms with Crippen LogP contribution in [-0.2, 0) is 17.1 Å². The molecule has 0 fully saturated rings. The number of nitrogens with zero attached hydrogens (tertiary/aromatic N) is 3. The van der Waals surface area contributed by atoms with Crippen LogP contribution in [0.1, 0.15) is 18.5 Å². The molecule has 0 saturated heterocycles. The van der Waals surface area contributed by atoms with E-state index in [0.717, 1.165) is 5.56 Å². The average molecular weight is 266 g/mol. The minimum atomic E-state index is -3.54. The lowest BCUT2D eigenvalue weighted by molar-refractivity contribution is 0.566. The van der Waals surface area contributed by atoms with Crippen molar-refractivity contribution in [2.45, 2.75) is 17.9 Å². The van der Waals surface area contributed by atoms with Gasteiger partial charge in [-0.15, -0.1) is 0 Å². The Bertz CT molecular complexity index is 622. The van der Waals surface area contributed by atoms with Gasteiger partial charge in [-0.25, -0.2) is 13.1 Å². The predicted molar refractivity (Wildman–Crippen MR) is 66.2 cm³/mol. The molecule has 7 heteroatoms. The van der Waals surface area contributed by atoms with E-state index in [1.165, 1.54) is 17.1 Å². The minimum absolute atomic E-state index is 0.158. The van der Waals surface area contributed by atoms with Crippen molar-refractivity contribution in [3.8, 4) is 0 Å². The molecule has 0 spiro atoms. The maximum atomic E-state index is 12.0. The van der Waals surface area contributed by atoms with Gasteiger partial charge in [-0.3, -0.25) is 9.67 Å². The van der Waals surface area contributed by atoms with Crippen molar-refractivity contribution in [2.75, 3.05) is 0 Å². The summed E-state index contributed by atoms with van der Waals surface area (Å²) in [6.45, 7) is 1.78. The van der Waals surface area contributed by atoms with E-state index in [4.69, 9.17) is 0 Å². The zero-order valence-electron chi connectivity index (χ0n) is 10.1. The molecule has 0 aliphatic carbocycles. The molecule has 2 rings (SSSR count). The van der Waals surface area contributed by atoms with Crippen LogP contribution in [0.3, 0.4) is 0 Å². The Morgan fingerprint density at radius 1 is 1.33 bits per heavy atom. The normalized spacial score (nSPS) is 13.4. The molecule has 0 amide bonds. The van der Waals surface area contributed by atoms with Gasteiger partial charge < -0.3 is 0 Å². The zero-order chi connectivity index (χ0) is 13.2. The van der Waals surface area contributed by atoms with Crippen molar-refractivity contribution in [3.05, 3.63) is 42.5 Å². The molecule has 0 radical (unpaired) electrons. The first-order chi connectivity index (χ1) is 8.49. The fourth-order valence-electron chi connectivity index (χ4n) is 1.56. The van der Waals surface area contributed by atoms with Crippen molar-refractivity contribution in [2.24, 2.45) is 7.05 Å². The highest BCUT2D eigenvalue weighted by Gasteiger charge is 2.19. The van der Waals surface area contributed by atoms with E-state index in [1.807, 2.05) is 0 Å². The van der Waals surface area contributed by atoms with E-state index < -0.39 is 10.0 Å². The van der Waals surface area contributed by atoms with Crippen LogP contribution in [-0.4, -0.2) is 23.2 Å². The molecule has 0 bridgehead atoms. The zero-order valence-corrected chi connectivity index (χ0v) is 10.9.